The average Bonchev–Trinajstić information content (AvgIpc) is 2.32. The van der Waals surface area contributed by atoms with Crippen molar-refractivity contribution >= 4 is 44.2 Å². The fourth-order valence-corrected chi connectivity index (χ4v) is 3.30. The highest BCUT2D eigenvalue weighted by Crippen LogP contribution is 2.30. The van der Waals surface area contributed by atoms with E-state index >= 15 is 0 Å². The van der Waals surface area contributed by atoms with E-state index in [1.165, 1.54) is 39.4 Å². The second kappa shape index (κ2) is 6.41. The molecule has 1 nitrogen and oxygen atoms in total. The predicted molar refractivity (Wildman–Crippen MR) is 86.5 cm³/mol. The quantitative estimate of drug-likeness (QED) is 0.671. The Balaban J connectivity index is 1.87. The Labute approximate surface area is 126 Å². The second-order valence-electron chi connectivity index (χ2n) is 5.13. The lowest BCUT2D eigenvalue weighted by atomic mass is 9.83. The van der Waals surface area contributed by atoms with Crippen LogP contribution in [0.4, 0.5) is 5.69 Å². The first-order valence-electron chi connectivity index (χ1n) is 6.34. The third-order valence-electron chi connectivity index (χ3n) is 3.65. The number of halogens is 2. The van der Waals surface area contributed by atoms with Gasteiger partial charge in [-0.2, -0.15) is 0 Å². The van der Waals surface area contributed by atoms with Crippen molar-refractivity contribution in [1.82, 2.24) is 0 Å². The largest absolute Gasteiger partial charge is 0.384 e. The zero-order chi connectivity index (χ0) is 12.3. The molecule has 0 atom stereocenters. The number of hydrogen-bond donors (Lipinski definition) is 1. The highest BCUT2D eigenvalue weighted by Gasteiger charge is 2.17. The summed E-state index contributed by atoms with van der Waals surface area (Å²) in [7, 11) is 0. The summed E-state index contributed by atoms with van der Waals surface area (Å²) >= 11 is 5.96. The molecule has 1 fully saturated rings. The fourth-order valence-electron chi connectivity index (χ4n) is 2.42. The second-order valence-corrected chi connectivity index (χ2v) is 7.23. The highest BCUT2D eigenvalue weighted by atomic mass is 127. The summed E-state index contributed by atoms with van der Waals surface area (Å²) in [5.41, 5.74) is 1.23. The van der Waals surface area contributed by atoms with Gasteiger partial charge in [-0.15, -0.1) is 0 Å². The minimum atomic E-state index is 0.857. The van der Waals surface area contributed by atoms with E-state index in [1.807, 2.05) is 0 Å². The molecule has 2 rings (SSSR count). The summed E-state index contributed by atoms with van der Waals surface area (Å²) in [6.45, 7) is 3.49. The molecule has 0 saturated heterocycles. The maximum atomic E-state index is 3.60. The third kappa shape index (κ3) is 4.12. The smallest absolute Gasteiger partial charge is 0.0495 e. The molecule has 94 valence electrons. The molecular weight excluding hydrogens is 389 g/mol. The Morgan fingerprint density at radius 2 is 2.00 bits per heavy atom. The van der Waals surface area contributed by atoms with Gasteiger partial charge in [0.25, 0.3) is 0 Å². The SMILES string of the molecule is CC1CCC(CNc2cc(I)ccc2Br)CC1. The normalized spacial score (nSPS) is 24.6. The maximum Gasteiger partial charge on any atom is 0.0495 e. The molecule has 0 heterocycles. The van der Waals surface area contributed by atoms with E-state index in [-0.39, 0.29) is 0 Å². The van der Waals surface area contributed by atoms with Gasteiger partial charge in [0.1, 0.15) is 0 Å². The van der Waals surface area contributed by atoms with Crippen molar-refractivity contribution in [3.05, 3.63) is 26.2 Å². The van der Waals surface area contributed by atoms with Gasteiger partial charge in [-0.25, -0.2) is 0 Å². The first-order chi connectivity index (χ1) is 8.15. The monoisotopic (exact) mass is 407 g/mol. The summed E-state index contributed by atoms with van der Waals surface area (Å²) < 4.78 is 2.45. The Hall–Kier alpha value is 0.230. The van der Waals surface area contributed by atoms with Crippen LogP contribution in [0.3, 0.4) is 0 Å². The number of hydrogen-bond acceptors (Lipinski definition) is 1. The third-order valence-corrected chi connectivity index (χ3v) is 5.01. The lowest BCUT2D eigenvalue weighted by molar-refractivity contribution is 0.300. The van der Waals surface area contributed by atoms with Gasteiger partial charge in [0.15, 0.2) is 0 Å². The number of benzene rings is 1. The Bertz CT molecular complexity index is 372. The molecule has 0 spiro atoms. The van der Waals surface area contributed by atoms with E-state index in [2.05, 4.69) is 69.0 Å². The molecule has 1 aliphatic rings. The Morgan fingerprint density at radius 3 is 2.71 bits per heavy atom. The van der Waals surface area contributed by atoms with Crippen LogP contribution in [0.1, 0.15) is 32.6 Å². The van der Waals surface area contributed by atoms with Crippen LogP contribution in [0.25, 0.3) is 0 Å². The minimum Gasteiger partial charge on any atom is -0.384 e. The average molecular weight is 408 g/mol. The van der Waals surface area contributed by atoms with Gasteiger partial charge in [-0.3, -0.25) is 0 Å². The van der Waals surface area contributed by atoms with E-state index in [4.69, 9.17) is 0 Å². The molecule has 0 unspecified atom stereocenters. The molecule has 0 aromatic heterocycles. The molecule has 0 radical (unpaired) electrons. The summed E-state index contributed by atoms with van der Waals surface area (Å²) in [6, 6.07) is 6.45. The summed E-state index contributed by atoms with van der Waals surface area (Å²) in [4.78, 5) is 0. The van der Waals surface area contributed by atoms with Crippen molar-refractivity contribution in [3.63, 3.8) is 0 Å². The van der Waals surface area contributed by atoms with Crippen molar-refractivity contribution in [2.75, 3.05) is 11.9 Å². The lowest BCUT2D eigenvalue weighted by Crippen LogP contribution is -2.20. The van der Waals surface area contributed by atoms with Crippen LogP contribution in [-0.2, 0) is 0 Å². The summed E-state index contributed by atoms with van der Waals surface area (Å²) in [6.07, 6.45) is 5.57. The zero-order valence-electron chi connectivity index (χ0n) is 10.2. The van der Waals surface area contributed by atoms with Gasteiger partial charge in [-0.1, -0.05) is 19.8 Å². The maximum absolute atomic E-state index is 3.60. The van der Waals surface area contributed by atoms with E-state index < -0.39 is 0 Å². The fraction of sp³-hybridized carbons (Fsp3) is 0.571. The van der Waals surface area contributed by atoms with Gasteiger partial charge >= 0.3 is 0 Å². The van der Waals surface area contributed by atoms with Crippen LogP contribution >= 0.6 is 38.5 Å². The standard InChI is InChI=1S/C14H19BrIN/c1-10-2-4-11(5-3-10)9-17-14-8-12(16)6-7-13(14)15/h6-8,10-11,17H,2-5,9H2,1H3. The molecule has 17 heavy (non-hydrogen) atoms. The van der Waals surface area contributed by atoms with Crippen LogP contribution in [0.2, 0.25) is 0 Å². The molecule has 0 aliphatic heterocycles. The minimum absolute atomic E-state index is 0.857. The molecule has 0 bridgehead atoms. The first kappa shape index (κ1) is 13.7. The van der Waals surface area contributed by atoms with Crippen LogP contribution in [0.5, 0.6) is 0 Å². The molecule has 1 aromatic carbocycles. The van der Waals surface area contributed by atoms with Crippen molar-refractivity contribution in [2.24, 2.45) is 11.8 Å². The van der Waals surface area contributed by atoms with E-state index in [1.54, 1.807) is 0 Å². The van der Waals surface area contributed by atoms with Crippen molar-refractivity contribution in [2.45, 2.75) is 32.6 Å². The van der Waals surface area contributed by atoms with Crippen LogP contribution in [0.15, 0.2) is 22.7 Å². The topological polar surface area (TPSA) is 12.0 Å². The van der Waals surface area contributed by atoms with Crippen LogP contribution in [0, 0.1) is 15.4 Å². The van der Waals surface area contributed by atoms with Gasteiger partial charge in [0.2, 0.25) is 0 Å². The van der Waals surface area contributed by atoms with Gasteiger partial charge in [0.05, 0.1) is 0 Å². The summed E-state index contributed by atoms with van der Waals surface area (Å²) in [5, 5.41) is 3.59. The Kier molecular flexibility index (Phi) is 5.15. The number of anilines is 1. The van der Waals surface area contributed by atoms with Gasteiger partial charge in [0, 0.05) is 20.3 Å². The lowest BCUT2D eigenvalue weighted by Gasteiger charge is -2.26. The van der Waals surface area contributed by atoms with E-state index in [0.29, 0.717) is 0 Å². The van der Waals surface area contributed by atoms with Crippen LogP contribution in [-0.4, -0.2) is 6.54 Å². The molecule has 0 amide bonds. The van der Waals surface area contributed by atoms with E-state index in [9.17, 15) is 0 Å². The first-order valence-corrected chi connectivity index (χ1v) is 8.21. The van der Waals surface area contributed by atoms with Crippen molar-refractivity contribution < 1.29 is 0 Å². The molecule has 3 heteroatoms. The van der Waals surface area contributed by atoms with Gasteiger partial charge in [-0.05, 0) is 81.4 Å². The molecular formula is C14H19BrIN. The number of rotatable bonds is 3. The van der Waals surface area contributed by atoms with Crippen LogP contribution < -0.4 is 5.32 Å². The molecule has 1 aliphatic carbocycles. The highest BCUT2D eigenvalue weighted by molar-refractivity contribution is 14.1. The molecule has 1 N–H and O–H groups in total. The number of nitrogens with one attached hydrogen (secondary N) is 1. The zero-order valence-corrected chi connectivity index (χ0v) is 13.9. The van der Waals surface area contributed by atoms with Gasteiger partial charge < -0.3 is 5.32 Å². The van der Waals surface area contributed by atoms with E-state index in [0.717, 1.165) is 18.4 Å². The predicted octanol–water partition coefficient (Wildman–Crippen LogP) is 5.29. The molecule has 1 saturated carbocycles. The van der Waals surface area contributed by atoms with Crippen molar-refractivity contribution in [3.8, 4) is 0 Å². The summed E-state index contributed by atoms with van der Waals surface area (Å²) in [5.74, 6) is 1.80. The van der Waals surface area contributed by atoms with Crippen molar-refractivity contribution in [1.29, 1.82) is 0 Å². The Morgan fingerprint density at radius 1 is 1.29 bits per heavy atom. The molecule has 1 aromatic rings.